The topological polar surface area (TPSA) is 84.1 Å². The van der Waals surface area contributed by atoms with E-state index in [-0.39, 0.29) is 5.82 Å². The number of anilines is 2. The first-order chi connectivity index (χ1) is 12.5. The molecule has 3 aromatic rings. The summed E-state index contributed by atoms with van der Waals surface area (Å²) in [5.74, 6) is -0.148. The third-order valence-electron chi connectivity index (χ3n) is 3.68. The Hall–Kier alpha value is -2.84. The van der Waals surface area contributed by atoms with Crippen molar-refractivity contribution in [3.05, 3.63) is 60.7 Å². The molecule has 3 rings (SSSR count). The molecular formula is C18H18FN5OS. The van der Waals surface area contributed by atoms with Gasteiger partial charge in [-0.05, 0) is 23.8 Å². The minimum absolute atomic E-state index is 0.277. The van der Waals surface area contributed by atoms with Crippen molar-refractivity contribution >= 4 is 22.7 Å². The standard InChI is InChI=1S/C18H18FN5OS/c1-24(2)26(25)23-16-6-4-3-5-13(16)12-7-8-14(15(19)9-12)17-10-22-18(20)11-21-17/h3-11,23H,1-2H3,(H2,20,22). The van der Waals surface area contributed by atoms with Crippen LogP contribution in [0.5, 0.6) is 0 Å². The van der Waals surface area contributed by atoms with Gasteiger partial charge in [0.2, 0.25) is 0 Å². The first-order valence-electron chi connectivity index (χ1n) is 7.78. The van der Waals surface area contributed by atoms with E-state index >= 15 is 0 Å². The average Bonchev–Trinajstić information content (AvgIpc) is 2.63. The van der Waals surface area contributed by atoms with Gasteiger partial charge in [0.25, 0.3) is 0 Å². The third-order valence-corrected chi connectivity index (χ3v) is 4.74. The minimum atomic E-state index is -1.39. The van der Waals surface area contributed by atoms with Crippen LogP contribution in [0.15, 0.2) is 54.9 Å². The molecule has 6 nitrogen and oxygen atoms in total. The summed E-state index contributed by atoms with van der Waals surface area (Å²) in [6, 6.07) is 12.2. The minimum Gasteiger partial charge on any atom is -0.382 e. The summed E-state index contributed by atoms with van der Waals surface area (Å²) in [7, 11) is 3.40. The number of para-hydroxylation sites is 1. The molecule has 0 saturated heterocycles. The number of aromatic nitrogens is 2. The Morgan fingerprint density at radius 3 is 2.50 bits per heavy atom. The maximum absolute atomic E-state index is 14.7. The molecule has 26 heavy (non-hydrogen) atoms. The molecule has 2 aromatic carbocycles. The molecule has 3 N–H and O–H groups in total. The van der Waals surface area contributed by atoms with E-state index in [0.717, 1.165) is 5.56 Å². The molecule has 0 amide bonds. The number of hydrogen-bond donors (Lipinski definition) is 2. The van der Waals surface area contributed by atoms with Crippen LogP contribution in [-0.4, -0.2) is 32.6 Å². The molecule has 134 valence electrons. The van der Waals surface area contributed by atoms with Crippen molar-refractivity contribution in [2.45, 2.75) is 0 Å². The second-order valence-electron chi connectivity index (χ2n) is 5.73. The van der Waals surface area contributed by atoms with Crippen LogP contribution in [0.25, 0.3) is 22.4 Å². The van der Waals surface area contributed by atoms with Crippen LogP contribution in [-0.2, 0) is 11.2 Å². The van der Waals surface area contributed by atoms with E-state index in [0.29, 0.717) is 22.5 Å². The first-order valence-corrected chi connectivity index (χ1v) is 8.89. The molecule has 0 aliphatic carbocycles. The van der Waals surface area contributed by atoms with Gasteiger partial charge >= 0.3 is 0 Å². The molecule has 0 aliphatic heterocycles. The van der Waals surface area contributed by atoms with Gasteiger partial charge in [-0.15, -0.1) is 0 Å². The number of nitrogens with one attached hydrogen (secondary N) is 1. The van der Waals surface area contributed by atoms with Gasteiger partial charge in [0, 0.05) is 25.2 Å². The molecule has 1 atom stereocenters. The maximum Gasteiger partial charge on any atom is 0.195 e. The monoisotopic (exact) mass is 371 g/mol. The lowest BCUT2D eigenvalue weighted by Gasteiger charge is -2.15. The number of nitrogen functional groups attached to an aromatic ring is 1. The van der Waals surface area contributed by atoms with Gasteiger partial charge in [-0.2, -0.15) is 0 Å². The zero-order valence-electron chi connectivity index (χ0n) is 14.3. The fraction of sp³-hybridized carbons (Fsp3) is 0.111. The van der Waals surface area contributed by atoms with E-state index < -0.39 is 17.0 Å². The molecular weight excluding hydrogens is 353 g/mol. The number of hydrogen-bond acceptors (Lipinski definition) is 4. The quantitative estimate of drug-likeness (QED) is 0.722. The summed E-state index contributed by atoms with van der Waals surface area (Å²) in [6.07, 6.45) is 2.82. The molecule has 0 fully saturated rings. The van der Waals surface area contributed by atoms with Crippen LogP contribution in [0.4, 0.5) is 15.9 Å². The smallest absolute Gasteiger partial charge is 0.195 e. The highest BCUT2D eigenvalue weighted by Gasteiger charge is 2.12. The second kappa shape index (κ2) is 7.59. The predicted molar refractivity (Wildman–Crippen MR) is 103 cm³/mol. The van der Waals surface area contributed by atoms with E-state index in [1.807, 2.05) is 18.2 Å². The summed E-state index contributed by atoms with van der Waals surface area (Å²) < 4.78 is 31.2. The van der Waals surface area contributed by atoms with E-state index in [4.69, 9.17) is 5.73 Å². The number of nitrogens with zero attached hydrogens (tertiary/aromatic N) is 3. The van der Waals surface area contributed by atoms with Gasteiger partial charge in [0.05, 0.1) is 23.8 Å². The van der Waals surface area contributed by atoms with Gasteiger partial charge in [0.15, 0.2) is 11.2 Å². The number of rotatable bonds is 5. The first kappa shape index (κ1) is 18.0. The molecule has 0 bridgehead atoms. The Morgan fingerprint density at radius 2 is 1.85 bits per heavy atom. The van der Waals surface area contributed by atoms with E-state index in [9.17, 15) is 8.60 Å². The molecule has 1 unspecified atom stereocenters. The highest BCUT2D eigenvalue weighted by molar-refractivity contribution is 7.84. The van der Waals surface area contributed by atoms with Gasteiger partial charge in [0.1, 0.15) is 11.6 Å². The fourth-order valence-corrected chi connectivity index (χ4v) is 2.93. The summed E-state index contributed by atoms with van der Waals surface area (Å²) >= 11 is -1.39. The predicted octanol–water partition coefficient (Wildman–Crippen LogP) is 3.08. The molecule has 1 heterocycles. The van der Waals surface area contributed by atoms with Crippen LogP contribution >= 0.6 is 0 Å². The lowest BCUT2D eigenvalue weighted by molar-refractivity contribution is 0.608. The largest absolute Gasteiger partial charge is 0.382 e. The summed E-state index contributed by atoms with van der Waals surface area (Å²) in [4.78, 5) is 8.04. The van der Waals surface area contributed by atoms with Crippen molar-refractivity contribution in [1.82, 2.24) is 14.3 Å². The lowest BCUT2D eigenvalue weighted by atomic mass is 10.0. The zero-order chi connectivity index (χ0) is 18.7. The SMILES string of the molecule is CN(C)S(=O)Nc1ccccc1-c1ccc(-c2cnc(N)cn2)c(F)c1. The fourth-order valence-electron chi connectivity index (χ4n) is 2.38. The molecule has 0 saturated carbocycles. The molecule has 0 radical (unpaired) electrons. The average molecular weight is 371 g/mol. The summed E-state index contributed by atoms with van der Waals surface area (Å²) in [6.45, 7) is 0. The van der Waals surface area contributed by atoms with Crippen LogP contribution in [0, 0.1) is 5.82 Å². The van der Waals surface area contributed by atoms with Crippen molar-refractivity contribution in [1.29, 1.82) is 0 Å². The number of benzene rings is 2. The van der Waals surface area contributed by atoms with Crippen LogP contribution in [0.2, 0.25) is 0 Å². The number of nitrogens with two attached hydrogens (primary N) is 1. The second-order valence-corrected chi connectivity index (χ2v) is 7.16. The van der Waals surface area contributed by atoms with E-state index in [1.165, 1.54) is 18.5 Å². The van der Waals surface area contributed by atoms with Crippen molar-refractivity contribution < 1.29 is 8.60 Å². The molecule has 1 aromatic heterocycles. The van der Waals surface area contributed by atoms with Crippen LogP contribution in [0.1, 0.15) is 0 Å². The highest BCUT2D eigenvalue weighted by Crippen LogP contribution is 2.31. The Labute approximate surface area is 153 Å². The van der Waals surface area contributed by atoms with Crippen molar-refractivity contribution in [3.8, 4) is 22.4 Å². The van der Waals surface area contributed by atoms with Crippen LogP contribution in [0.3, 0.4) is 0 Å². The Bertz CT molecular complexity index is 947. The van der Waals surface area contributed by atoms with Gasteiger partial charge in [-0.25, -0.2) is 17.9 Å². The Kier molecular flexibility index (Phi) is 5.24. The number of halogens is 1. The maximum atomic E-state index is 14.7. The van der Waals surface area contributed by atoms with Gasteiger partial charge in [-0.1, -0.05) is 24.3 Å². The van der Waals surface area contributed by atoms with Crippen molar-refractivity contribution in [2.75, 3.05) is 24.6 Å². The van der Waals surface area contributed by atoms with E-state index in [1.54, 1.807) is 36.6 Å². The summed E-state index contributed by atoms with van der Waals surface area (Å²) in [5.41, 5.74) is 8.32. The lowest BCUT2D eigenvalue weighted by Crippen LogP contribution is -2.22. The highest BCUT2D eigenvalue weighted by atomic mass is 32.2. The molecule has 0 aliphatic rings. The Balaban J connectivity index is 1.97. The van der Waals surface area contributed by atoms with E-state index in [2.05, 4.69) is 14.7 Å². The third kappa shape index (κ3) is 3.87. The Morgan fingerprint density at radius 1 is 1.08 bits per heavy atom. The molecule has 0 spiro atoms. The normalized spacial score (nSPS) is 12.2. The molecule has 8 heteroatoms. The van der Waals surface area contributed by atoms with Gasteiger partial charge < -0.3 is 5.73 Å². The van der Waals surface area contributed by atoms with Crippen molar-refractivity contribution in [2.24, 2.45) is 0 Å². The van der Waals surface area contributed by atoms with Gasteiger partial charge in [-0.3, -0.25) is 9.71 Å². The van der Waals surface area contributed by atoms with Crippen LogP contribution < -0.4 is 10.5 Å². The van der Waals surface area contributed by atoms with Crippen molar-refractivity contribution in [3.63, 3.8) is 0 Å². The zero-order valence-corrected chi connectivity index (χ0v) is 15.1. The summed E-state index contributed by atoms with van der Waals surface area (Å²) in [5, 5.41) is 0.